The number of methoxy groups -OCH3 is 2. The lowest BCUT2D eigenvalue weighted by molar-refractivity contribution is -0.136. The van der Waals surface area contributed by atoms with E-state index in [-0.39, 0.29) is 11.4 Å². The average Bonchev–Trinajstić information content (AvgIpc) is 2.54. The van der Waals surface area contributed by atoms with Crippen LogP contribution in [-0.4, -0.2) is 20.3 Å². The first-order chi connectivity index (χ1) is 11.4. The second-order valence-electron chi connectivity index (χ2n) is 4.66. The molecule has 0 heterocycles. The maximum absolute atomic E-state index is 13.0. The number of carbonyl (C=O) groups is 1. The van der Waals surface area contributed by atoms with Gasteiger partial charge in [0.15, 0.2) is 0 Å². The number of hydrogen-bond acceptors (Lipinski definition) is 3. The van der Waals surface area contributed by atoms with Gasteiger partial charge in [0.05, 0.1) is 25.5 Å². The van der Waals surface area contributed by atoms with Crippen molar-refractivity contribution in [2.24, 2.45) is 0 Å². The zero-order valence-corrected chi connectivity index (χ0v) is 12.9. The molecule has 0 fully saturated rings. The molecule has 0 aliphatic carbocycles. The standard InChI is InChI=1S/C16H15F3N2O3/c1-23-12-8-5-9-13(24-2)14(12)21-15(22)20-11-7-4-3-6-10(11)16(17,18)19/h3-9H,1-2H3,(H2,20,21,22). The van der Waals surface area contributed by atoms with Gasteiger partial charge in [0, 0.05) is 0 Å². The Morgan fingerprint density at radius 1 is 0.917 bits per heavy atom. The molecular formula is C16H15F3N2O3. The highest BCUT2D eigenvalue weighted by Gasteiger charge is 2.33. The number of ether oxygens (including phenoxy) is 2. The third-order valence-electron chi connectivity index (χ3n) is 3.15. The summed E-state index contributed by atoms with van der Waals surface area (Å²) in [6, 6.07) is 8.67. The summed E-state index contributed by atoms with van der Waals surface area (Å²) in [4.78, 5) is 12.1. The summed E-state index contributed by atoms with van der Waals surface area (Å²) >= 11 is 0. The van der Waals surface area contributed by atoms with Gasteiger partial charge in [-0.1, -0.05) is 18.2 Å². The monoisotopic (exact) mass is 340 g/mol. The molecule has 8 heteroatoms. The van der Waals surface area contributed by atoms with E-state index >= 15 is 0 Å². The van der Waals surface area contributed by atoms with Crippen molar-refractivity contribution in [1.29, 1.82) is 0 Å². The molecule has 5 nitrogen and oxygen atoms in total. The van der Waals surface area contributed by atoms with Crippen molar-refractivity contribution < 1.29 is 27.4 Å². The maximum Gasteiger partial charge on any atom is 0.418 e. The fourth-order valence-corrected chi connectivity index (χ4v) is 2.08. The number of para-hydroxylation sites is 2. The van der Waals surface area contributed by atoms with Gasteiger partial charge < -0.3 is 20.1 Å². The Morgan fingerprint density at radius 3 is 2.04 bits per heavy atom. The first-order valence-corrected chi connectivity index (χ1v) is 6.82. The quantitative estimate of drug-likeness (QED) is 0.869. The first kappa shape index (κ1) is 17.5. The zero-order chi connectivity index (χ0) is 17.7. The van der Waals surface area contributed by atoms with Crippen LogP contribution < -0.4 is 20.1 Å². The Kier molecular flexibility index (Phi) is 5.18. The molecule has 24 heavy (non-hydrogen) atoms. The van der Waals surface area contributed by atoms with E-state index in [4.69, 9.17) is 9.47 Å². The van der Waals surface area contributed by atoms with Gasteiger partial charge in [0.25, 0.3) is 0 Å². The van der Waals surface area contributed by atoms with E-state index in [0.717, 1.165) is 6.07 Å². The number of hydrogen-bond donors (Lipinski definition) is 2. The Labute approximate surface area is 136 Å². The van der Waals surface area contributed by atoms with Crippen molar-refractivity contribution in [3.63, 3.8) is 0 Å². The second kappa shape index (κ2) is 7.12. The molecule has 2 amide bonds. The lowest BCUT2D eigenvalue weighted by Gasteiger charge is -2.16. The molecule has 0 spiro atoms. The van der Waals surface area contributed by atoms with Crippen LogP contribution >= 0.6 is 0 Å². The molecule has 0 radical (unpaired) electrons. The number of halogens is 3. The first-order valence-electron chi connectivity index (χ1n) is 6.82. The van der Waals surface area contributed by atoms with E-state index in [1.54, 1.807) is 18.2 Å². The minimum Gasteiger partial charge on any atom is -0.494 e. The summed E-state index contributed by atoms with van der Waals surface area (Å²) < 4.78 is 49.1. The van der Waals surface area contributed by atoms with Gasteiger partial charge in [-0.2, -0.15) is 13.2 Å². The second-order valence-corrected chi connectivity index (χ2v) is 4.66. The van der Waals surface area contributed by atoms with Gasteiger partial charge in [-0.25, -0.2) is 4.79 Å². The molecular weight excluding hydrogens is 325 g/mol. The summed E-state index contributed by atoms with van der Waals surface area (Å²) in [6.07, 6.45) is -4.58. The number of anilines is 2. The largest absolute Gasteiger partial charge is 0.494 e. The van der Waals surface area contributed by atoms with Crippen LogP contribution in [-0.2, 0) is 6.18 Å². The lowest BCUT2D eigenvalue weighted by atomic mass is 10.1. The van der Waals surface area contributed by atoms with Crippen LogP contribution in [0.15, 0.2) is 42.5 Å². The van der Waals surface area contributed by atoms with Crippen molar-refractivity contribution in [2.75, 3.05) is 24.9 Å². The van der Waals surface area contributed by atoms with E-state index in [1.165, 1.54) is 32.4 Å². The van der Waals surface area contributed by atoms with Crippen LogP contribution in [0.2, 0.25) is 0 Å². The number of benzene rings is 2. The van der Waals surface area contributed by atoms with E-state index in [0.29, 0.717) is 11.5 Å². The molecule has 0 saturated heterocycles. The Bertz CT molecular complexity index is 710. The van der Waals surface area contributed by atoms with Crippen molar-refractivity contribution in [3.05, 3.63) is 48.0 Å². The predicted molar refractivity (Wildman–Crippen MR) is 83.6 cm³/mol. The smallest absolute Gasteiger partial charge is 0.418 e. The fraction of sp³-hybridized carbons (Fsp3) is 0.188. The van der Waals surface area contributed by atoms with Crippen molar-refractivity contribution >= 4 is 17.4 Å². The third kappa shape index (κ3) is 3.89. The van der Waals surface area contributed by atoms with Crippen LogP contribution in [0.1, 0.15) is 5.56 Å². The van der Waals surface area contributed by atoms with Crippen molar-refractivity contribution in [1.82, 2.24) is 0 Å². The van der Waals surface area contributed by atoms with Gasteiger partial charge >= 0.3 is 12.2 Å². The third-order valence-corrected chi connectivity index (χ3v) is 3.15. The summed E-state index contributed by atoms with van der Waals surface area (Å²) in [5.74, 6) is 0.627. The van der Waals surface area contributed by atoms with E-state index < -0.39 is 17.8 Å². The molecule has 2 aromatic carbocycles. The van der Waals surface area contributed by atoms with Gasteiger partial charge in [-0.3, -0.25) is 0 Å². The highest BCUT2D eigenvalue weighted by Crippen LogP contribution is 2.36. The molecule has 0 aliphatic heterocycles. The van der Waals surface area contributed by atoms with Gasteiger partial charge in [-0.15, -0.1) is 0 Å². The average molecular weight is 340 g/mol. The van der Waals surface area contributed by atoms with Gasteiger partial charge in [0.1, 0.15) is 17.2 Å². The topological polar surface area (TPSA) is 59.6 Å². The van der Waals surface area contributed by atoms with Crippen LogP contribution in [0.25, 0.3) is 0 Å². The summed E-state index contributed by atoms with van der Waals surface area (Å²) in [7, 11) is 2.80. The highest BCUT2D eigenvalue weighted by atomic mass is 19.4. The maximum atomic E-state index is 13.0. The Morgan fingerprint density at radius 2 is 1.50 bits per heavy atom. The van der Waals surface area contributed by atoms with Crippen LogP contribution in [0, 0.1) is 0 Å². The normalized spacial score (nSPS) is 10.9. The number of carbonyl (C=O) groups excluding carboxylic acids is 1. The molecule has 0 unspecified atom stereocenters. The van der Waals surface area contributed by atoms with Crippen LogP contribution in [0.4, 0.5) is 29.3 Å². The van der Waals surface area contributed by atoms with Gasteiger partial charge in [-0.05, 0) is 24.3 Å². The summed E-state index contributed by atoms with van der Waals surface area (Å²) in [5, 5.41) is 4.63. The summed E-state index contributed by atoms with van der Waals surface area (Å²) in [6.45, 7) is 0. The van der Waals surface area contributed by atoms with Crippen LogP contribution in [0.5, 0.6) is 11.5 Å². The molecule has 128 valence electrons. The molecule has 2 aromatic rings. The lowest BCUT2D eigenvalue weighted by Crippen LogP contribution is -2.22. The molecule has 0 aromatic heterocycles. The number of amides is 2. The Hall–Kier alpha value is -2.90. The predicted octanol–water partition coefficient (Wildman–Crippen LogP) is 4.37. The summed E-state index contributed by atoms with van der Waals surface area (Å²) in [5.41, 5.74) is -1.08. The number of urea groups is 1. The number of alkyl halides is 3. The van der Waals surface area contributed by atoms with Gasteiger partial charge in [0.2, 0.25) is 0 Å². The fourth-order valence-electron chi connectivity index (χ4n) is 2.08. The minimum atomic E-state index is -4.58. The highest BCUT2D eigenvalue weighted by molar-refractivity contribution is 6.02. The molecule has 0 saturated carbocycles. The van der Waals surface area contributed by atoms with Crippen molar-refractivity contribution in [3.8, 4) is 11.5 Å². The van der Waals surface area contributed by atoms with E-state index in [1.807, 2.05) is 0 Å². The molecule has 0 atom stereocenters. The van der Waals surface area contributed by atoms with E-state index in [2.05, 4.69) is 10.6 Å². The minimum absolute atomic E-state index is 0.212. The molecule has 0 bridgehead atoms. The SMILES string of the molecule is COc1cccc(OC)c1NC(=O)Nc1ccccc1C(F)(F)F. The zero-order valence-electron chi connectivity index (χ0n) is 12.9. The molecule has 2 rings (SSSR count). The van der Waals surface area contributed by atoms with E-state index in [9.17, 15) is 18.0 Å². The molecule has 2 N–H and O–H groups in total. The van der Waals surface area contributed by atoms with Crippen molar-refractivity contribution in [2.45, 2.75) is 6.18 Å². The number of rotatable bonds is 4. The number of nitrogens with one attached hydrogen (secondary N) is 2. The van der Waals surface area contributed by atoms with Crippen LogP contribution in [0.3, 0.4) is 0 Å². The molecule has 0 aliphatic rings. The Balaban J connectivity index is 2.25.